The Bertz CT molecular complexity index is 612. The number of benzene rings is 1. The summed E-state index contributed by atoms with van der Waals surface area (Å²) >= 11 is 5.66. The lowest BCUT2D eigenvalue weighted by Crippen LogP contribution is -2.32. The van der Waals surface area contributed by atoms with Gasteiger partial charge in [0, 0.05) is 19.2 Å². The normalized spacial score (nSPS) is 10.8. The smallest absolute Gasteiger partial charge is 0.312 e. The summed E-state index contributed by atoms with van der Waals surface area (Å²) in [5.41, 5.74) is 11.7. The van der Waals surface area contributed by atoms with Gasteiger partial charge in [-0.05, 0) is 6.07 Å². The van der Waals surface area contributed by atoms with Crippen LogP contribution < -0.4 is 16.8 Å². The fourth-order valence-corrected chi connectivity index (χ4v) is 1.82. The number of amides is 2. The van der Waals surface area contributed by atoms with Crippen LogP contribution in [0.5, 0.6) is 0 Å². The Hall–Kier alpha value is -2.02. The fourth-order valence-electron chi connectivity index (χ4n) is 1.66. The van der Waals surface area contributed by atoms with Crippen molar-refractivity contribution < 1.29 is 9.18 Å². The van der Waals surface area contributed by atoms with Crippen molar-refractivity contribution in [2.75, 3.05) is 12.3 Å². The molecule has 0 saturated heterocycles. The van der Waals surface area contributed by atoms with Crippen LogP contribution in [0.1, 0.15) is 0 Å². The standard InChI is InChI=1S/C10H11ClFN5O/c11-5-3-7-8(4-6(5)12)17(9(13)16-7)2-1-15-10(14)18/h3-4H,1-2H2,(H2,13,16)(H3,14,15,18). The van der Waals surface area contributed by atoms with Crippen molar-refractivity contribution >= 4 is 34.6 Å². The van der Waals surface area contributed by atoms with Gasteiger partial charge in [0.15, 0.2) is 0 Å². The monoisotopic (exact) mass is 271 g/mol. The van der Waals surface area contributed by atoms with Gasteiger partial charge in [0.2, 0.25) is 5.95 Å². The summed E-state index contributed by atoms with van der Waals surface area (Å²) in [6.07, 6.45) is 0. The molecule has 0 aliphatic heterocycles. The molecule has 1 aromatic heterocycles. The molecule has 96 valence electrons. The molecule has 2 aromatic rings. The molecule has 6 nitrogen and oxygen atoms in total. The van der Waals surface area contributed by atoms with Gasteiger partial charge in [-0.25, -0.2) is 14.2 Å². The van der Waals surface area contributed by atoms with Crippen molar-refractivity contribution in [3.8, 4) is 0 Å². The number of halogens is 2. The number of anilines is 1. The van der Waals surface area contributed by atoms with Crippen molar-refractivity contribution in [3.05, 3.63) is 23.0 Å². The van der Waals surface area contributed by atoms with Crippen LogP contribution >= 0.6 is 11.6 Å². The van der Waals surface area contributed by atoms with Crippen LogP contribution in [0.3, 0.4) is 0 Å². The highest BCUT2D eigenvalue weighted by atomic mass is 35.5. The van der Waals surface area contributed by atoms with E-state index in [0.717, 1.165) is 0 Å². The summed E-state index contributed by atoms with van der Waals surface area (Å²) in [5, 5.41) is 2.40. The number of fused-ring (bicyclic) bond motifs is 1. The van der Waals surface area contributed by atoms with E-state index in [-0.39, 0.29) is 17.5 Å². The molecule has 0 unspecified atom stereocenters. The number of hydrogen-bond donors (Lipinski definition) is 3. The van der Waals surface area contributed by atoms with Crippen LogP contribution in [0.4, 0.5) is 15.1 Å². The summed E-state index contributed by atoms with van der Waals surface area (Å²) in [4.78, 5) is 14.6. The maximum Gasteiger partial charge on any atom is 0.312 e. The van der Waals surface area contributed by atoms with Gasteiger partial charge in [0.1, 0.15) is 5.82 Å². The van der Waals surface area contributed by atoms with E-state index in [4.69, 9.17) is 23.1 Å². The maximum absolute atomic E-state index is 13.4. The zero-order valence-electron chi connectivity index (χ0n) is 9.28. The van der Waals surface area contributed by atoms with Crippen LogP contribution in [-0.2, 0) is 6.54 Å². The predicted molar refractivity (Wildman–Crippen MR) is 66.7 cm³/mol. The number of carbonyl (C=O) groups is 1. The van der Waals surface area contributed by atoms with E-state index in [0.29, 0.717) is 17.6 Å². The molecule has 1 heterocycles. The minimum atomic E-state index is -0.632. The average molecular weight is 272 g/mol. The number of imidazole rings is 1. The molecule has 0 radical (unpaired) electrons. The first-order valence-corrected chi connectivity index (χ1v) is 5.51. The number of nitrogens with one attached hydrogen (secondary N) is 1. The van der Waals surface area contributed by atoms with Crippen molar-refractivity contribution in [2.24, 2.45) is 5.73 Å². The molecule has 0 aliphatic carbocycles. The molecule has 0 saturated carbocycles. The first-order chi connectivity index (χ1) is 8.49. The van der Waals surface area contributed by atoms with Crippen molar-refractivity contribution in [1.82, 2.24) is 14.9 Å². The maximum atomic E-state index is 13.4. The minimum absolute atomic E-state index is 0.0117. The molecule has 0 spiro atoms. The summed E-state index contributed by atoms with van der Waals surface area (Å²) in [5.74, 6) is -0.328. The van der Waals surface area contributed by atoms with E-state index in [2.05, 4.69) is 10.3 Å². The molecule has 0 bridgehead atoms. The minimum Gasteiger partial charge on any atom is -0.369 e. The number of nitrogen functional groups attached to an aromatic ring is 1. The predicted octanol–water partition coefficient (Wildman–Crippen LogP) is 1.08. The highest BCUT2D eigenvalue weighted by molar-refractivity contribution is 6.31. The van der Waals surface area contributed by atoms with E-state index in [1.165, 1.54) is 12.1 Å². The fraction of sp³-hybridized carbons (Fsp3) is 0.200. The lowest BCUT2D eigenvalue weighted by Gasteiger charge is -2.06. The summed E-state index contributed by atoms with van der Waals surface area (Å²) in [6, 6.07) is 2.03. The Kier molecular flexibility index (Phi) is 3.24. The van der Waals surface area contributed by atoms with Crippen LogP contribution in [0, 0.1) is 5.82 Å². The number of rotatable bonds is 3. The third-order valence-electron chi connectivity index (χ3n) is 2.45. The summed E-state index contributed by atoms with van der Waals surface area (Å²) in [7, 11) is 0. The average Bonchev–Trinajstić information content (AvgIpc) is 2.56. The number of aromatic nitrogens is 2. The first-order valence-electron chi connectivity index (χ1n) is 5.13. The van der Waals surface area contributed by atoms with Gasteiger partial charge < -0.3 is 21.4 Å². The lowest BCUT2D eigenvalue weighted by molar-refractivity contribution is 0.248. The van der Waals surface area contributed by atoms with Gasteiger partial charge >= 0.3 is 6.03 Å². The molecule has 0 aliphatic rings. The molecule has 2 rings (SSSR count). The molecule has 18 heavy (non-hydrogen) atoms. The highest BCUT2D eigenvalue weighted by Gasteiger charge is 2.11. The van der Waals surface area contributed by atoms with E-state index >= 15 is 0 Å². The second-order valence-electron chi connectivity index (χ2n) is 3.67. The zero-order valence-corrected chi connectivity index (χ0v) is 10.0. The van der Waals surface area contributed by atoms with Gasteiger partial charge in [-0.2, -0.15) is 0 Å². The number of nitrogens with zero attached hydrogens (tertiary/aromatic N) is 2. The van der Waals surface area contributed by atoms with Gasteiger partial charge in [0.25, 0.3) is 0 Å². The van der Waals surface area contributed by atoms with E-state index in [1.54, 1.807) is 4.57 Å². The third kappa shape index (κ3) is 2.30. The third-order valence-corrected chi connectivity index (χ3v) is 2.74. The van der Waals surface area contributed by atoms with E-state index in [1.807, 2.05) is 0 Å². The van der Waals surface area contributed by atoms with Gasteiger partial charge in [-0.15, -0.1) is 0 Å². The number of nitrogens with two attached hydrogens (primary N) is 2. The van der Waals surface area contributed by atoms with E-state index < -0.39 is 11.8 Å². The highest BCUT2D eigenvalue weighted by Crippen LogP contribution is 2.24. The van der Waals surface area contributed by atoms with Gasteiger partial charge in [-0.3, -0.25) is 0 Å². The van der Waals surface area contributed by atoms with Gasteiger partial charge in [0.05, 0.1) is 16.1 Å². The Morgan fingerprint density at radius 3 is 2.94 bits per heavy atom. The quantitative estimate of drug-likeness (QED) is 0.779. The largest absolute Gasteiger partial charge is 0.369 e. The lowest BCUT2D eigenvalue weighted by atomic mass is 10.3. The number of carbonyl (C=O) groups excluding carboxylic acids is 1. The molecule has 1 aromatic carbocycles. The van der Waals surface area contributed by atoms with Crippen LogP contribution in [0.2, 0.25) is 5.02 Å². The van der Waals surface area contributed by atoms with Crippen molar-refractivity contribution in [2.45, 2.75) is 6.54 Å². The Morgan fingerprint density at radius 2 is 2.28 bits per heavy atom. The topological polar surface area (TPSA) is 99.0 Å². The summed E-state index contributed by atoms with van der Waals surface area (Å²) < 4.78 is 15.0. The zero-order chi connectivity index (χ0) is 13.3. The molecular formula is C10H11ClFN5O. The van der Waals surface area contributed by atoms with Gasteiger partial charge in [-0.1, -0.05) is 11.6 Å². The van der Waals surface area contributed by atoms with Crippen molar-refractivity contribution in [1.29, 1.82) is 0 Å². The molecule has 2 amide bonds. The Balaban J connectivity index is 2.34. The second-order valence-corrected chi connectivity index (χ2v) is 4.07. The number of hydrogen-bond acceptors (Lipinski definition) is 3. The first kappa shape index (κ1) is 12.4. The van der Waals surface area contributed by atoms with Crippen LogP contribution in [0.25, 0.3) is 11.0 Å². The number of urea groups is 1. The summed E-state index contributed by atoms with van der Waals surface area (Å²) in [6.45, 7) is 0.613. The SMILES string of the molecule is NC(=O)NCCn1c(N)nc2cc(Cl)c(F)cc21. The molecular weight excluding hydrogens is 261 g/mol. The molecule has 8 heteroatoms. The Labute approximate surface area is 107 Å². The molecule has 5 N–H and O–H groups in total. The second kappa shape index (κ2) is 4.69. The van der Waals surface area contributed by atoms with Crippen LogP contribution in [0.15, 0.2) is 12.1 Å². The molecule has 0 fully saturated rings. The van der Waals surface area contributed by atoms with Crippen LogP contribution in [-0.4, -0.2) is 22.1 Å². The van der Waals surface area contributed by atoms with Crippen molar-refractivity contribution in [3.63, 3.8) is 0 Å². The number of primary amides is 1. The Morgan fingerprint density at radius 1 is 1.56 bits per heavy atom. The molecule has 0 atom stereocenters. The van der Waals surface area contributed by atoms with E-state index in [9.17, 15) is 9.18 Å².